The van der Waals surface area contributed by atoms with Gasteiger partial charge in [-0.25, -0.2) is 14.4 Å². The number of rotatable bonds is 5. The Morgan fingerprint density at radius 3 is 2.74 bits per heavy atom. The van der Waals surface area contributed by atoms with E-state index in [9.17, 15) is 4.39 Å². The fraction of sp³-hybridized carbons (Fsp3) is 0.375. The molecule has 7 heteroatoms. The van der Waals surface area contributed by atoms with Crippen molar-refractivity contribution in [2.24, 2.45) is 4.99 Å². The molecule has 1 aromatic heterocycles. The number of aliphatic imine (C=N–C) groups is 1. The van der Waals surface area contributed by atoms with E-state index in [4.69, 9.17) is 11.6 Å². The number of thiazole rings is 1. The zero-order valence-electron chi connectivity index (χ0n) is 13.4. The molecule has 0 spiro atoms. The Hall–Kier alpha value is -1.66. The van der Waals surface area contributed by atoms with Gasteiger partial charge in [0.2, 0.25) is 0 Å². The van der Waals surface area contributed by atoms with Crippen LogP contribution in [0.3, 0.4) is 0 Å². The summed E-state index contributed by atoms with van der Waals surface area (Å²) < 4.78 is 13.2. The zero-order chi connectivity index (χ0) is 16.8. The molecule has 0 bridgehead atoms. The SMILES string of the molecule is CCNC(=NCc1ccc(F)c(Cl)c1)NCc1sc(C)nc1C. The van der Waals surface area contributed by atoms with Crippen LogP contribution in [0.15, 0.2) is 23.2 Å². The molecule has 124 valence electrons. The molecule has 1 aromatic carbocycles. The highest BCUT2D eigenvalue weighted by Crippen LogP contribution is 2.17. The van der Waals surface area contributed by atoms with Crippen molar-refractivity contribution in [3.8, 4) is 0 Å². The first-order valence-electron chi connectivity index (χ1n) is 7.38. The van der Waals surface area contributed by atoms with Crippen LogP contribution in [0.1, 0.15) is 28.1 Å². The Morgan fingerprint density at radius 1 is 1.35 bits per heavy atom. The van der Waals surface area contributed by atoms with Crippen LogP contribution < -0.4 is 10.6 Å². The van der Waals surface area contributed by atoms with Crippen molar-refractivity contribution in [2.75, 3.05) is 6.54 Å². The summed E-state index contributed by atoms with van der Waals surface area (Å²) in [5.74, 6) is 0.291. The molecule has 0 fully saturated rings. The molecule has 0 radical (unpaired) electrons. The molecule has 23 heavy (non-hydrogen) atoms. The minimum atomic E-state index is -0.416. The molecule has 0 amide bonds. The highest BCUT2D eigenvalue weighted by atomic mass is 35.5. The average molecular weight is 355 g/mol. The number of hydrogen-bond acceptors (Lipinski definition) is 3. The number of nitrogens with one attached hydrogen (secondary N) is 2. The maximum atomic E-state index is 13.2. The van der Waals surface area contributed by atoms with Gasteiger partial charge in [-0.05, 0) is 38.5 Å². The van der Waals surface area contributed by atoms with Gasteiger partial charge in [0.05, 0.1) is 28.8 Å². The summed E-state index contributed by atoms with van der Waals surface area (Å²) >= 11 is 7.47. The van der Waals surface area contributed by atoms with E-state index in [2.05, 4.69) is 20.6 Å². The summed E-state index contributed by atoms with van der Waals surface area (Å²) in [6.45, 7) is 7.87. The molecule has 0 unspecified atom stereocenters. The fourth-order valence-electron chi connectivity index (χ4n) is 2.05. The zero-order valence-corrected chi connectivity index (χ0v) is 15.0. The normalized spacial score (nSPS) is 11.6. The lowest BCUT2D eigenvalue weighted by Crippen LogP contribution is -2.36. The van der Waals surface area contributed by atoms with Crippen LogP contribution in [0.5, 0.6) is 0 Å². The molecule has 0 aliphatic heterocycles. The van der Waals surface area contributed by atoms with Crippen LogP contribution in [-0.2, 0) is 13.1 Å². The third kappa shape index (κ3) is 5.18. The van der Waals surface area contributed by atoms with Gasteiger partial charge in [0.1, 0.15) is 5.82 Å². The van der Waals surface area contributed by atoms with Crippen LogP contribution in [0.2, 0.25) is 5.02 Å². The van der Waals surface area contributed by atoms with E-state index in [1.54, 1.807) is 23.5 Å². The first-order valence-corrected chi connectivity index (χ1v) is 8.58. The molecular weight excluding hydrogens is 335 g/mol. The Kier molecular flexibility index (Phi) is 6.36. The van der Waals surface area contributed by atoms with E-state index in [0.29, 0.717) is 19.0 Å². The summed E-state index contributed by atoms with van der Waals surface area (Å²) in [5.41, 5.74) is 1.90. The number of aryl methyl sites for hydroxylation is 2. The third-order valence-electron chi connectivity index (χ3n) is 3.16. The Labute approximate surface area is 144 Å². The van der Waals surface area contributed by atoms with Gasteiger partial charge in [0, 0.05) is 11.4 Å². The highest BCUT2D eigenvalue weighted by molar-refractivity contribution is 7.11. The van der Waals surface area contributed by atoms with Crippen LogP contribution >= 0.6 is 22.9 Å². The van der Waals surface area contributed by atoms with E-state index >= 15 is 0 Å². The fourth-order valence-corrected chi connectivity index (χ4v) is 3.13. The second-order valence-electron chi connectivity index (χ2n) is 5.04. The van der Waals surface area contributed by atoms with Crippen molar-refractivity contribution in [1.29, 1.82) is 0 Å². The van der Waals surface area contributed by atoms with E-state index in [-0.39, 0.29) is 5.02 Å². The molecule has 4 nitrogen and oxygen atoms in total. The minimum Gasteiger partial charge on any atom is -0.357 e. The topological polar surface area (TPSA) is 49.3 Å². The summed E-state index contributed by atoms with van der Waals surface area (Å²) in [6.07, 6.45) is 0. The molecule has 2 rings (SSSR count). The van der Waals surface area contributed by atoms with Gasteiger partial charge in [0.15, 0.2) is 5.96 Å². The molecule has 0 atom stereocenters. The molecule has 0 aliphatic rings. The maximum Gasteiger partial charge on any atom is 0.191 e. The largest absolute Gasteiger partial charge is 0.357 e. The number of hydrogen-bond donors (Lipinski definition) is 2. The van der Waals surface area contributed by atoms with E-state index in [0.717, 1.165) is 22.8 Å². The van der Waals surface area contributed by atoms with Crippen LogP contribution in [0.25, 0.3) is 0 Å². The van der Waals surface area contributed by atoms with Crippen LogP contribution in [0, 0.1) is 19.7 Å². The molecule has 0 saturated carbocycles. The summed E-state index contributed by atoms with van der Waals surface area (Å²) in [6, 6.07) is 4.64. The number of halogens is 2. The molecule has 0 saturated heterocycles. The lowest BCUT2D eigenvalue weighted by atomic mass is 10.2. The van der Waals surface area contributed by atoms with Gasteiger partial charge in [-0.2, -0.15) is 0 Å². The number of benzene rings is 1. The first-order chi connectivity index (χ1) is 11.0. The van der Waals surface area contributed by atoms with E-state index < -0.39 is 5.82 Å². The smallest absolute Gasteiger partial charge is 0.191 e. The predicted molar refractivity (Wildman–Crippen MR) is 94.7 cm³/mol. The van der Waals surface area contributed by atoms with Gasteiger partial charge < -0.3 is 10.6 Å². The van der Waals surface area contributed by atoms with Crippen molar-refractivity contribution < 1.29 is 4.39 Å². The number of nitrogens with zero attached hydrogens (tertiary/aromatic N) is 2. The second-order valence-corrected chi connectivity index (χ2v) is 6.73. The molecule has 1 heterocycles. The highest BCUT2D eigenvalue weighted by Gasteiger charge is 2.06. The number of guanidine groups is 1. The van der Waals surface area contributed by atoms with Crippen molar-refractivity contribution in [3.05, 3.63) is 50.2 Å². The summed E-state index contributed by atoms with van der Waals surface area (Å²) in [5, 5.41) is 7.66. The van der Waals surface area contributed by atoms with Crippen molar-refractivity contribution >= 4 is 28.9 Å². The van der Waals surface area contributed by atoms with Gasteiger partial charge in [-0.15, -0.1) is 11.3 Å². The average Bonchev–Trinajstić information content (AvgIpc) is 2.83. The maximum absolute atomic E-state index is 13.2. The van der Waals surface area contributed by atoms with Crippen LogP contribution in [-0.4, -0.2) is 17.5 Å². The molecule has 2 N–H and O–H groups in total. The van der Waals surface area contributed by atoms with Crippen molar-refractivity contribution in [1.82, 2.24) is 15.6 Å². The molecule has 2 aromatic rings. The monoisotopic (exact) mass is 354 g/mol. The van der Waals surface area contributed by atoms with E-state index in [1.807, 2.05) is 20.8 Å². The minimum absolute atomic E-state index is 0.117. The first kappa shape index (κ1) is 17.7. The number of aromatic nitrogens is 1. The lowest BCUT2D eigenvalue weighted by Gasteiger charge is -2.11. The Bertz CT molecular complexity index is 699. The Balaban J connectivity index is 2.01. The lowest BCUT2D eigenvalue weighted by molar-refractivity contribution is 0.627. The van der Waals surface area contributed by atoms with E-state index in [1.165, 1.54) is 10.9 Å². The van der Waals surface area contributed by atoms with Crippen molar-refractivity contribution in [2.45, 2.75) is 33.9 Å². The molecule has 0 aliphatic carbocycles. The van der Waals surface area contributed by atoms with Gasteiger partial charge >= 0.3 is 0 Å². The standard InChI is InChI=1S/C16H20ClFN4S/c1-4-19-16(21-9-15-10(2)22-11(3)23-15)20-8-12-5-6-14(18)13(17)7-12/h5-7H,4,8-9H2,1-3H3,(H2,19,20,21). The quantitative estimate of drug-likeness (QED) is 0.634. The second kappa shape index (κ2) is 8.26. The predicted octanol–water partition coefficient (Wildman–Crippen LogP) is 3.81. The van der Waals surface area contributed by atoms with Crippen LogP contribution in [0.4, 0.5) is 4.39 Å². The molecular formula is C16H20ClFN4S. The van der Waals surface area contributed by atoms with Gasteiger partial charge in [-0.3, -0.25) is 0 Å². The summed E-state index contributed by atoms with van der Waals surface area (Å²) in [7, 11) is 0. The van der Waals surface area contributed by atoms with Crippen molar-refractivity contribution in [3.63, 3.8) is 0 Å². The Morgan fingerprint density at radius 2 is 2.13 bits per heavy atom. The summed E-state index contributed by atoms with van der Waals surface area (Å²) in [4.78, 5) is 10.1. The van der Waals surface area contributed by atoms with Gasteiger partial charge in [-0.1, -0.05) is 17.7 Å². The third-order valence-corrected chi connectivity index (χ3v) is 4.53. The van der Waals surface area contributed by atoms with Gasteiger partial charge in [0.25, 0.3) is 0 Å².